The maximum absolute atomic E-state index is 14.4. The zero-order valence-electron chi connectivity index (χ0n) is 32.5. The van der Waals surface area contributed by atoms with Crippen LogP contribution in [0.5, 0.6) is 11.5 Å². The molecule has 0 aliphatic carbocycles. The van der Waals surface area contributed by atoms with Crippen LogP contribution in [0.3, 0.4) is 0 Å². The molecule has 0 saturated carbocycles. The topological polar surface area (TPSA) is 92.2 Å². The zero-order chi connectivity index (χ0) is 38.0. The van der Waals surface area contributed by atoms with Gasteiger partial charge in [-0.15, -0.1) is 0 Å². The molecule has 0 amide bonds. The summed E-state index contributed by atoms with van der Waals surface area (Å²) in [7, 11) is 0. The predicted octanol–water partition coefficient (Wildman–Crippen LogP) is 4.09. The van der Waals surface area contributed by atoms with Gasteiger partial charge in [0.15, 0.2) is 6.20 Å². The molecule has 0 bridgehead atoms. The third kappa shape index (κ3) is 6.26. The van der Waals surface area contributed by atoms with Crippen molar-refractivity contribution in [2.75, 3.05) is 0 Å². The quantitative estimate of drug-likeness (QED) is 0.197. The minimum Gasteiger partial charge on any atom is -0.868 e. The standard InChI is InChI=1S/C51H32N4O2.2Li/c56-45-18-8-10-32-25-28-43(53-48(32)45)47-38-15-5-4-14-37(38)46(40-27-23-33-11-9-29-52-49(33)50(40)57)41-30-35(24-26-39(41)47)31-19-21-34(22-20-31)51-54-42-16-6-7-17-44(42)55(51)36-12-2-1-3-13-36;;/h1-30,56-57H;;/q;2*+1. The van der Waals surface area contributed by atoms with Crippen molar-refractivity contribution >= 4 is 54.4 Å². The van der Waals surface area contributed by atoms with Gasteiger partial charge in [-0.2, -0.15) is 0 Å². The van der Waals surface area contributed by atoms with Gasteiger partial charge in [0.05, 0.1) is 16.6 Å². The van der Waals surface area contributed by atoms with Gasteiger partial charge in [0.2, 0.25) is 16.7 Å². The van der Waals surface area contributed by atoms with E-state index < -0.39 is 0 Å². The van der Waals surface area contributed by atoms with E-state index in [1.54, 1.807) is 18.3 Å². The van der Waals surface area contributed by atoms with Crippen molar-refractivity contribution in [3.05, 3.63) is 182 Å². The Morgan fingerprint density at radius 2 is 1.15 bits per heavy atom. The number of hydrogen-bond acceptors (Lipinski definition) is 3. The van der Waals surface area contributed by atoms with Crippen LogP contribution in [-0.4, -0.2) is 9.55 Å². The number of para-hydroxylation sites is 4. The summed E-state index contributed by atoms with van der Waals surface area (Å²) in [5.41, 5.74) is 10.5. The summed E-state index contributed by atoms with van der Waals surface area (Å²) in [5, 5.41) is 33.0. The normalized spacial score (nSPS) is 11.3. The molecular formula is C51H32Li2N4O2+2. The average Bonchev–Trinajstić information content (AvgIpc) is 3.66. The van der Waals surface area contributed by atoms with Gasteiger partial charge in [-0.3, -0.25) is 4.57 Å². The number of nitrogens with zero attached hydrogens (tertiary/aromatic N) is 2. The van der Waals surface area contributed by atoms with Crippen molar-refractivity contribution in [3.8, 4) is 62.1 Å². The maximum atomic E-state index is 14.4. The Balaban J connectivity index is 0.00000224. The van der Waals surface area contributed by atoms with Crippen molar-refractivity contribution in [1.82, 2.24) is 9.55 Å². The molecular weight excluding hydrogens is 714 g/mol. The summed E-state index contributed by atoms with van der Waals surface area (Å²) in [4.78, 5) is 11.8. The number of imidazole rings is 1. The van der Waals surface area contributed by atoms with Crippen LogP contribution in [0.15, 0.2) is 182 Å². The molecule has 59 heavy (non-hydrogen) atoms. The van der Waals surface area contributed by atoms with Crippen LogP contribution in [0.2, 0.25) is 0 Å². The summed E-state index contributed by atoms with van der Waals surface area (Å²) >= 11 is 0. The van der Waals surface area contributed by atoms with Crippen LogP contribution in [0, 0.1) is 0 Å². The summed E-state index contributed by atoms with van der Waals surface area (Å²) in [5.74, 6) is 0.750. The van der Waals surface area contributed by atoms with Crippen LogP contribution in [0.1, 0.15) is 0 Å². The van der Waals surface area contributed by atoms with Crippen LogP contribution < -0.4 is 57.9 Å². The Hall–Kier alpha value is -6.64. The number of benzene rings is 8. The molecule has 0 aliphatic rings. The zero-order valence-corrected chi connectivity index (χ0v) is 32.5. The van der Waals surface area contributed by atoms with Gasteiger partial charge in [-0.05, 0) is 110 Å². The molecule has 3 aromatic heterocycles. The van der Waals surface area contributed by atoms with Crippen molar-refractivity contribution in [3.63, 3.8) is 0 Å². The van der Waals surface area contributed by atoms with E-state index in [0.717, 1.165) is 88.4 Å². The molecule has 0 atom stereocenters. The number of hydrogen-bond donors (Lipinski definition) is 0. The van der Waals surface area contributed by atoms with Gasteiger partial charge < -0.3 is 10.2 Å². The maximum Gasteiger partial charge on any atom is 1.00 e. The number of fused-ring (bicyclic) bond motifs is 5. The Morgan fingerprint density at radius 3 is 1.98 bits per heavy atom. The summed E-state index contributed by atoms with van der Waals surface area (Å²) in [6.07, 6.45) is 1.79. The van der Waals surface area contributed by atoms with E-state index in [1.807, 2.05) is 91.0 Å². The summed E-state index contributed by atoms with van der Waals surface area (Å²) < 4.78 is 2.21. The van der Waals surface area contributed by atoms with E-state index in [4.69, 9.17) is 4.98 Å². The fourth-order valence-corrected chi connectivity index (χ4v) is 8.49. The third-order valence-electron chi connectivity index (χ3n) is 11.2. The molecule has 3 heterocycles. The number of aromatic amines is 2. The van der Waals surface area contributed by atoms with E-state index in [-0.39, 0.29) is 49.2 Å². The number of nitrogens with one attached hydrogen (secondary N) is 2. The monoisotopic (exact) mass is 746 g/mol. The van der Waals surface area contributed by atoms with Gasteiger partial charge in [0.25, 0.3) is 0 Å². The third-order valence-corrected chi connectivity index (χ3v) is 11.2. The minimum absolute atomic E-state index is 0. The van der Waals surface area contributed by atoms with Gasteiger partial charge in [0.1, 0.15) is 5.82 Å². The molecule has 0 radical (unpaired) electrons. The molecule has 11 rings (SSSR count). The molecule has 6 nitrogen and oxygen atoms in total. The molecule has 268 valence electrons. The Labute approximate surface area is 363 Å². The second kappa shape index (κ2) is 15.3. The van der Waals surface area contributed by atoms with Crippen LogP contribution in [-0.2, 0) is 0 Å². The molecule has 0 saturated heterocycles. The SMILES string of the molecule is [Li+].[Li+].[O-]c1cccc2ccc(-c3c4ccccc4c(-c4ccc5ccc[nH+]c5c4[O-])c4cc(-c5ccc(-c6nc7ccccc7n6-c6ccccc6)cc5)ccc34)[nH+]c12. The Morgan fingerprint density at radius 1 is 0.492 bits per heavy atom. The number of H-pyrrole nitrogens is 2. The first-order valence-corrected chi connectivity index (χ1v) is 19.0. The van der Waals surface area contributed by atoms with E-state index in [9.17, 15) is 10.2 Å². The molecule has 2 N–H and O–H groups in total. The molecule has 0 unspecified atom stereocenters. The van der Waals surface area contributed by atoms with Gasteiger partial charge in [-0.1, -0.05) is 109 Å². The smallest absolute Gasteiger partial charge is 0.868 e. The average molecular weight is 747 g/mol. The first-order valence-electron chi connectivity index (χ1n) is 19.0. The van der Waals surface area contributed by atoms with Crippen molar-refractivity contribution in [2.45, 2.75) is 0 Å². The fraction of sp³-hybridized carbons (Fsp3) is 0. The van der Waals surface area contributed by atoms with E-state index in [1.165, 1.54) is 0 Å². The van der Waals surface area contributed by atoms with Gasteiger partial charge in [0, 0.05) is 34.2 Å². The van der Waals surface area contributed by atoms with E-state index >= 15 is 0 Å². The largest absolute Gasteiger partial charge is 1.00 e. The second-order valence-corrected chi connectivity index (χ2v) is 14.4. The van der Waals surface area contributed by atoms with Crippen LogP contribution in [0.4, 0.5) is 0 Å². The first kappa shape index (κ1) is 37.9. The van der Waals surface area contributed by atoms with Crippen molar-refractivity contribution < 1.29 is 57.9 Å². The number of rotatable bonds is 5. The molecule has 8 heteroatoms. The van der Waals surface area contributed by atoms with Gasteiger partial charge >= 0.3 is 37.7 Å². The van der Waals surface area contributed by atoms with E-state index in [2.05, 4.69) is 87.3 Å². The fourth-order valence-electron chi connectivity index (χ4n) is 8.49. The molecule has 0 fully saturated rings. The molecule has 8 aromatic carbocycles. The summed E-state index contributed by atoms with van der Waals surface area (Å²) in [6.45, 7) is 0. The Kier molecular flexibility index (Phi) is 9.81. The van der Waals surface area contributed by atoms with Crippen LogP contribution >= 0.6 is 0 Å². The van der Waals surface area contributed by atoms with Crippen LogP contribution in [0.25, 0.3) is 105 Å². The Bertz CT molecular complexity index is 3390. The van der Waals surface area contributed by atoms with E-state index in [0.29, 0.717) is 16.6 Å². The predicted molar refractivity (Wildman–Crippen MR) is 225 cm³/mol. The second-order valence-electron chi connectivity index (χ2n) is 14.4. The first-order chi connectivity index (χ1) is 28.1. The number of aromatic nitrogens is 4. The molecule has 11 aromatic rings. The minimum atomic E-state index is -0.0620. The van der Waals surface area contributed by atoms with Gasteiger partial charge in [-0.25, -0.2) is 15.0 Å². The number of pyridine rings is 2. The molecule has 0 spiro atoms. The summed E-state index contributed by atoms with van der Waals surface area (Å²) in [6, 6.07) is 59.0. The van der Waals surface area contributed by atoms with Crippen molar-refractivity contribution in [1.29, 1.82) is 0 Å². The molecule has 0 aliphatic heterocycles. The van der Waals surface area contributed by atoms with Crippen molar-refractivity contribution in [2.24, 2.45) is 0 Å².